The molecule has 2 heterocycles. The maximum atomic E-state index is 12.7. The molecular weight excluding hydrogens is 284 g/mol. The van der Waals surface area contributed by atoms with Crippen LogP contribution in [0.3, 0.4) is 0 Å². The van der Waals surface area contributed by atoms with Crippen molar-refractivity contribution in [2.45, 2.75) is 46.1 Å². The molecule has 0 saturated carbocycles. The van der Waals surface area contributed by atoms with Gasteiger partial charge in [-0.1, -0.05) is 36.8 Å². The van der Waals surface area contributed by atoms with Crippen LogP contribution in [-0.4, -0.2) is 41.9 Å². The van der Waals surface area contributed by atoms with E-state index in [1.807, 2.05) is 0 Å². The van der Waals surface area contributed by atoms with E-state index in [0.29, 0.717) is 11.8 Å². The monoisotopic (exact) mass is 314 g/mol. The lowest BCUT2D eigenvalue weighted by Gasteiger charge is -2.37. The van der Waals surface area contributed by atoms with Gasteiger partial charge in [-0.25, -0.2) is 0 Å². The number of carbonyl (C=O) groups is 1. The minimum Gasteiger partial charge on any atom is -0.342 e. The first-order valence-electron chi connectivity index (χ1n) is 9.18. The van der Waals surface area contributed by atoms with Crippen molar-refractivity contribution in [3.8, 4) is 0 Å². The first-order chi connectivity index (χ1) is 11.1. The van der Waals surface area contributed by atoms with E-state index < -0.39 is 0 Å². The van der Waals surface area contributed by atoms with Gasteiger partial charge in [-0.05, 0) is 57.2 Å². The van der Waals surface area contributed by atoms with E-state index in [-0.39, 0.29) is 5.92 Å². The number of aryl methyl sites for hydroxylation is 1. The number of piperidine rings is 2. The zero-order chi connectivity index (χ0) is 16.2. The van der Waals surface area contributed by atoms with Crippen LogP contribution in [-0.2, 0) is 11.3 Å². The van der Waals surface area contributed by atoms with Crippen molar-refractivity contribution in [3.05, 3.63) is 35.4 Å². The van der Waals surface area contributed by atoms with Crippen molar-refractivity contribution in [3.63, 3.8) is 0 Å². The van der Waals surface area contributed by atoms with Gasteiger partial charge in [0.2, 0.25) is 5.91 Å². The lowest BCUT2D eigenvalue weighted by molar-refractivity contribution is -0.138. The molecule has 1 amide bonds. The summed E-state index contributed by atoms with van der Waals surface area (Å²) in [7, 11) is 0. The molecule has 0 aromatic heterocycles. The summed E-state index contributed by atoms with van der Waals surface area (Å²) in [6.07, 6.45) is 4.50. The highest BCUT2D eigenvalue weighted by Gasteiger charge is 2.30. The van der Waals surface area contributed by atoms with Gasteiger partial charge in [0.25, 0.3) is 0 Å². The number of hydrogen-bond acceptors (Lipinski definition) is 2. The van der Waals surface area contributed by atoms with E-state index >= 15 is 0 Å². The van der Waals surface area contributed by atoms with Gasteiger partial charge in [-0.15, -0.1) is 0 Å². The molecule has 126 valence electrons. The Morgan fingerprint density at radius 1 is 1.09 bits per heavy atom. The topological polar surface area (TPSA) is 23.6 Å². The summed E-state index contributed by atoms with van der Waals surface area (Å²) in [5.74, 6) is 1.36. The summed E-state index contributed by atoms with van der Waals surface area (Å²) in [6.45, 7) is 9.46. The Bertz CT molecular complexity index is 517. The van der Waals surface area contributed by atoms with Crippen molar-refractivity contribution >= 4 is 5.91 Å². The van der Waals surface area contributed by atoms with Crippen LogP contribution in [0.25, 0.3) is 0 Å². The van der Waals surface area contributed by atoms with Crippen LogP contribution in [0.4, 0.5) is 0 Å². The molecule has 0 spiro atoms. The zero-order valence-corrected chi connectivity index (χ0v) is 14.6. The minimum absolute atomic E-state index is 0.259. The Morgan fingerprint density at radius 2 is 1.78 bits per heavy atom. The second-order valence-electron chi connectivity index (χ2n) is 7.57. The number of benzene rings is 1. The summed E-state index contributed by atoms with van der Waals surface area (Å²) in [4.78, 5) is 17.3. The third-order valence-electron chi connectivity index (χ3n) is 5.43. The van der Waals surface area contributed by atoms with Crippen LogP contribution in [0.1, 0.15) is 43.7 Å². The Hall–Kier alpha value is -1.35. The van der Waals surface area contributed by atoms with Crippen molar-refractivity contribution in [2.24, 2.45) is 11.8 Å². The largest absolute Gasteiger partial charge is 0.342 e. The maximum Gasteiger partial charge on any atom is 0.225 e. The summed E-state index contributed by atoms with van der Waals surface area (Å²) in [5, 5.41) is 0. The molecular formula is C20H30N2O. The number of hydrogen-bond donors (Lipinski definition) is 0. The van der Waals surface area contributed by atoms with Crippen molar-refractivity contribution in [2.75, 3.05) is 26.2 Å². The highest BCUT2D eigenvalue weighted by molar-refractivity contribution is 5.79. The molecule has 2 saturated heterocycles. The van der Waals surface area contributed by atoms with E-state index in [0.717, 1.165) is 45.6 Å². The summed E-state index contributed by atoms with van der Waals surface area (Å²) in [5.41, 5.74) is 2.69. The van der Waals surface area contributed by atoms with E-state index in [1.54, 1.807) is 0 Å². The molecule has 3 heteroatoms. The number of carbonyl (C=O) groups excluding carboxylic acids is 1. The van der Waals surface area contributed by atoms with Gasteiger partial charge in [0.05, 0.1) is 0 Å². The highest BCUT2D eigenvalue weighted by atomic mass is 16.2. The van der Waals surface area contributed by atoms with Gasteiger partial charge in [0, 0.05) is 25.6 Å². The molecule has 3 nitrogen and oxygen atoms in total. The molecule has 1 atom stereocenters. The fourth-order valence-corrected chi connectivity index (χ4v) is 3.94. The molecule has 1 aromatic rings. The lowest BCUT2D eigenvalue weighted by atomic mass is 9.92. The fourth-order valence-electron chi connectivity index (χ4n) is 3.94. The standard InChI is InChI=1S/C20H30N2O/c1-16-5-7-18(8-6-16)15-21-12-9-19(10-13-21)20(23)22-11-3-4-17(2)14-22/h5-8,17,19H,3-4,9-15H2,1-2H3/t17-/m0/s1. The summed E-state index contributed by atoms with van der Waals surface area (Å²) >= 11 is 0. The second-order valence-corrected chi connectivity index (χ2v) is 7.57. The average Bonchev–Trinajstić information content (AvgIpc) is 2.57. The van der Waals surface area contributed by atoms with Crippen molar-refractivity contribution in [1.29, 1.82) is 0 Å². The summed E-state index contributed by atoms with van der Waals surface area (Å²) in [6, 6.07) is 8.82. The molecule has 2 aliphatic rings. The van der Waals surface area contributed by atoms with E-state index in [4.69, 9.17) is 0 Å². The SMILES string of the molecule is Cc1ccc(CN2CCC(C(=O)N3CCC[C@H](C)C3)CC2)cc1. The molecule has 0 radical (unpaired) electrons. The number of likely N-dealkylation sites (tertiary alicyclic amines) is 2. The Labute approximate surface area is 140 Å². The number of nitrogens with zero attached hydrogens (tertiary/aromatic N) is 2. The average molecular weight is 314 g/mol. The van der Waals surface area contributed by atoms with Gasteiger partial charge in [-0.3, -0.25) is 9.69 Å². The van der Waals surface area contributed by atoms with Gasteiger partial charge in [-0.2, -0.15) is 0 Å². The first kappa shape index (κ1) is 16.5. The molecule has 2 aliphatic heterocycles. The second kappa shape index (κ2) is 7.48. The summed E-state index contributed by atoms with van der Waals surface area (Å²) < 4.78 is 0. The number of rotatable bonds is 3. The third-order valence-corrected chi connectivity index (χ3v) is 5.43. The van der Waals surface area contributed by atoms with E-state index in [9.17, 15) is 4.79 Å². The predicted molar refractivity (Wildman–Crippen MR) is 94.2 cm³/mol. The number of amides is 1. The molecule has 1 aromatic carbocycles. The van der Waals surface area contributed by atoms with Gasteiger partial charge in [0.15, 0.2) is 0 Å². The van der Waals surface area contributed by atoms with Crippen LogP contribution < -0.4 is 0 Å². The van der Waals surface area contributed by atoms with Crippen LogP contribution >= 0.6 is 0 Å². The normalized spacial score (nSPS) is 23.9. The van der Waals surface area contributed by atoms with Gasteiger partial charge < -0.3 is 4.90 Å². The molecule has 3 rings (SSSR count). The molecule has 0 N–H and O–H groups in total. The van der Waals surface area contributed by atoms with Crippen LogP contribution in [0.5, 0.6) is 0 Å². The molecule has 0 aliphatic carbocycles. The third kappa shape index (κ3) is 4.35. The van der Waals surface area contributed by atoms with Gasteiger partial charge >= 0.3 is 0 Å². The van der Waals surface area contributed by atoms with Crippen molar-refractivity contribution in [1.82, 2.24) is 9.80 Å². The van der Waals surface area contributed by atoms with Gasteiger partial charge in [0.1, 0.15) is 0 Å². The Balaban J connectivity index is 1.48. The molecule has 0 bridgehead atoms. The zero-order valence-electron chi connectivity index (χ0n) is 14.6. The van der Waals surface area contributed by atoms with Crippen LogP contribution in [0.2, 0.25) is 0 Å². The molecule has 0 unspecified atom stereocenters. The van der Waals surface area contributed by atoms with Crippen molar-refractivity contribution < 1.29 is 4.79 Å². The van der Waals surface area contributed by atoms with Crippen LogP contribution in [0, 0.1) is 18.8 Å². The molecule has 2 fully saturated rings. The Morgan fingerprint density at radius 3 is 2.43 bits per heavy atom. The molecule has 23 heavy (non-hydrogen) atoms. The minimum atomic E-state index is 0.259. The quantitative estimate of drug-likeness (QED) is 0.853. The first-order valence-corrected chi connectivity index (χ1v) is 9.18. The van der Waals surface area contributed by atoms with E-state index in [2.05, 4.69) is 47.9 Å². The Kier molecular flexibility index (Phi) is 5.37. The highest BCUT2D eigenvalue weighted by Crippen LogP contribution is 2.24. The lowest BCUT2D eigenvalue weighted by Crippen LogP contribution is -2.45. The maximum absolute atomic E-state index is 12.7. The van der Waals surface area contributed by atoms with Crippen LogP contribution in [0.15, 0.2) is 24.3 Å². The van der Waals surface area contributed by atoms with E-state index in [1.165, 1.54) is 24.0 Å². The smallest absolute Gasteiger partial charge is 0.225 e. The fraction of sp³-hybridized carbons (Fsp3) is 0.650. The predicted octanol–water partition coefficient (Wildman–Crippen LogP) is 3.47.